The van der Waals surface area contributed by atoms with Crippen molar-refractivity contribution in [3.05, 3.63) is 35.4 Å². The first-order valence-electron chi connectivity index (χ1n) is 5.40. The number of hydrogen-bond acceptors (Lipinski definition) is 3. The molecule has 0 spiro atoms. The van der Waals surface area contributed by atoms with E-state index in [4.69, 9.17) is 10.8 Å². The molecule has 0 bridgehead atoms. The normalized spacial score (nSPS) is 11.9. The number of carbonyl (C=O) groups is 2. The van der Waals surface area contributed by atoms with Crippen molar-refractivity contribution in [1.82, 2.24) is 5.32 Å². The first-order chi connectivity index (χ1) is 8.04. The molecular formula is C12H16N2O3. The van der Waals surface area contributed by atoms with E-state index in [1.54, 1.807) is 12.1 Å². The third-order valence-corrected chi connectivity index (χ3v) is 2.34. The molecule has 0 aliphatic heterocycles. The number of rotatable bonds is 5. The molecule has 5 nitrogen and oxygen atoms in total. The topological polar surface area (TPSA) is 92.4 Å². The van der Waals surface area contributed by atoms with Crippen LogP contribution in [0.3, 0.4) is 0 Å². The van der Waals surface area contributed by atoms with E-state index >= 15 is 0 Å². The Morgan fingerprint density at radius 3 is 2.41 bits per heavy atom. The molecule has 0 unspecified atom stereocenters. The van der Waals surface area contributed by atoms with Gasteiger partial charge in [-0.3, -0.25) is 4.79 Å². The molecule has 0 aromatic heterocycles. The highest BCUT2D eigenvalue weighted by atomic mass is 16.4. The molecule has 1 aromatic rings. The van der Waals surface area contributed by atoms with Gasteiger partial charge in [-0.05, 0) is 31.0 Å². The predicted octanol–water partition coefficient (Wildman–Crippen LogP) is 0.391. The van der Waals surface area contributed by atoms with Crippen LogP contribution in [0, 0.1) is 0 Å². The van der Waals surface area contributed by atoms with E-state index < -0.39 is 12.0 Å². The maximum absolute atomic E-state index is 11.4. The van der Waals surface area contributed by atoms with Gasteiger partial charge in [-0.1, -0.05) is 12.1 Å². The summed E-state index contributed by atoms with van der Waals surface area (Å²) in [5.41, 5.74) is 6.77. The minimum absolute atomic E-state index is 0.199. The molecule has 1 amide bonds. The first-order valence-corrected chi connectivity index (χ1v) is 5.40. The van der Waals surface area contributed by atoms with Crippen LogP contribution in [0.25, 0.3) is 0 Å². The lowest BCUT2D eigenvalue weighted by atomic mass is 10.0. The van der Waals surface area contributed by atoms with Crippen LogP contribution in [0.15, 0.2) is 24.3 Å². The summed E-state index contributed by atoms with van der Waals surface area (Å²) >= 11 is 0. The quantitative estimate of drug-likeness (QED) is 0.689. The molecular weight excluding hydrogens is 220 g/mol. The van der Waals surface area contributed by atoms with E-state index in [1.165, 1.54) is 12.1 Å². The highest BCUT2D eigenvalue weighted by molar-refractivity contribution is 5.87. The molecule has 1 atom stereocenters. The van der Waals surface area contributed by atoms with Crippen molar-refractivity contribution < 1.29 is 14.7 Å². The standard InChI is InChI=1S/C12H16N2O3/c1-2-14-11(15)10(13)7-8-3-5-9(6-4-8)12(16)17/h3-6,10H,2,7,13H2,1H3,(H,14,15)(H,16,17)/t10-/m0/s1. The number of carbonyl (C=O) groups excluding carboxylic acids is 1. The summed E-state index contributed by atoms with van der Waals surface area (Å²) in [6, 6.07) is 5.74. The molecule has 1 aromatic carbocycles. The summed E-state index contributed by atoms with van der Waals surface area (Å²) in [7, 11) is 0. The number of nitrogens with two attached hydrogens (primary N) is 1. The summed E-state index contributed by atoms with van der Waals surface area (Å²) < 4.78 is 0. The number of nitrogens with one attached hydrogen (secondary N) is 1. The fourth-order valence-corrected chi connectivity index (χ4v) is 1.44. The van der Waals surface area contributed by atoms with E-state index in [-0.39, 0.29) is 11.5 Å². The van der Waals surface area contributed by atoms with Gasteiger partial charge >= 0.3 is 5.97 Å². The Labute approximate surface area is 99.6 Å². The van der Waals surface area contributed by atoms with Gasteiger partial charge in [0.05, 0.1) is 11.6 Å². The third kappa shape index (κ3) is 3.88. The van der Waals surface area contributed by atoms with E-state index in [0.29, 0.717) is 13.0 Å². The van der Waals surface area contributed by atoms with Crippen molar-refractivity contribution in [2.24, 2.45) is 5.73 Å². The Morgan fingerprint density at radius 1 is 1.35 bits per heavy atom. The Bertz CT molecular complexity index is 401. The van der Waals surface area contributed by atoms with Crippen molar-refractivity contribution in [2.75, 3.05) is 6.54 Å². The molecule has 5 heteroatoms. The Kier molecular flexibility index (Phi) is 4.66. The van der Waals surface area contributed by atoms with Gasteiger partial charge in [-0.25, -0.2) is 4.79 Å². The number of benzene rings is 1. The maximum atomic E-state index is 11.4. The summed E-state index contributed by atoms with van der Waals surface area (Å²) in [4.78, 5) is 22.0. The molecule has 0 fully saturated rings. The van der Waals surface area contributed by atoms with Gasteiger partial charge in [0.25, 0.3) is 0 Å². The predicted molar refractivity (Wildman–Crippen MR) is 63.8 cm³/mol. The number of carboxylic acids is 1. The third-order valence-electron chi connectivity index (χ3n) is 2.34. The number of amides is 1. The molecule has 0 saturated carbocycles. The van der Waals surface area contributed by atoms with Crippen molar-refractivity contribution in [1.29, 1.82) is 0 Å². The average molecular weight is 236 g/mol. The number of aromatic carboxylic acids is 1. The van der Waals surface area contributed by atoms with Crippen LogP contribution >= 0.6 is 0 Å². The fraction of sp³-hybridized carbons (Fsp3) is 0.333. The molecule has 0 radical (unpaired) electrons. The summed E-state index contributed by atoms with van der Waals surface area (Å²) in [6.45, 7) is 2.37. The van der Waals surface area contributed by atoms with Gasteiger partial charge in [0.15, 0.2) is 0 Å². The second kappa shape index (κ2) is 6.00. The van der Waals surface area contributed by atoms with Gasteiger partial charge < -0.3 is 16.2 Å². The van der Waals surface area contributed by atoms with Crippen LogP contribution in [0.1, 0.15) is 22.8 Å². The number of hydrogen-bond donors (Lipinski definition) is 3. The molecule has 0 heterocycles. The minimum atomic E-state index is -0.968. The highest BCUT2D eigenvalue weighted by Gasteiger charge is 2.13. The molecule has 92 valence electrons. The number of likely N-dealkylation sites (N-methyl/N-ethyl adjacent to an activating group) is 1. The van der Waals surface area contributed by atoms with Crippen LogP contribution in [0.5, 0.6) is 0 Å². The van der Waals surface area contributed by atoms with Gasteiger partial charge in [0, 0.05) is 6.54 Å². The zero-order chi connectivity index (χ0) is 12.8. The summed E-state index contributed by atoms with van der Waals surface area (Å²) in [5, 5.41) is 11.4. The first kappa shape index (κ1) is 13.2. The van der Waals surface area contributed by atoms with Crippen molar-refractivity contribution in [2.45, 2.75) is 19.4 Å². The highest BCUT2D eigenvalue weighted by Crippen LogP contribution is 2.06. The van der Waals surface area contributed by atoms with Crippen LogP contribution < -0.4 is 11.1 Å². The van der Waals surface area contributed by atoms with E-state index in [1.807, 2.05) is 6.92 Å². The smallest absolute Gasteiger partial charge is 0.335 e. The van der Waals surface area contributed by atoms with E-state index in [9.17, 15) is 9.59 Å². The van der Waals surface area contributed by atoms with Crippen molar-refractivity contribution >= 4 is 11.9 Å². The van der Waals surface area contributed by atoms with Crippen molar-refractivity contribution in [3.63, 3.8) is 0 Å². The maximum Gasteiger partial charge on any atom is 0.335 e. The Balaban J connectivity index is 2.63. The van der Waals surface area contributed by atoms with Gasteiger partial charge in [0.2, 0.25) is 5.91 Å². The molecule has 0 aliphatic carbocycles. The SMILES string of the molecule is CCNC(=O)[C@@H](N)Cc1ccc(C(=O)O)cc1. The fourth-order valence-electron chi connectivity index (χ4n) is 1.44. The average Bonchev–Trinajstić information content (AvgIpc) is 2.30. The van der Waals surface area contributed by atoms with Gasteiger partial charge in [-0.2, -0.15) is 0 Å². The molecule has 0 saturated heterocycles. The zero-order valence-electron chi connectivity index (χ0n) is 9.64. The molecule has 0 aliphatic rings. The second-order valence-electron chi connectivity index (χ2n) is 3.71. The lowest BCUT2D eigenvalue weighted by Gasteiger charge is -2.11. The van der Waals surface area contributed by atoms with Gasteiger partial charge in [0.1, 0.15) is 0 Å². The zero-order valence-corrected chi connectivity index (χ0v) is 9.64. The Morgan fingerprint density at radius 2 is 1.94 bits per heavy atom. The Hall–Kier alpha value is -1.88. The molecule has 4 N–H and O–H groups in total. The van der Waals surface area contributed by atoms with Crippen LogP contribution in [-0.4, -0.2) is 29.6 Å². The van der Waals surface area contributed by atoms with Crippen LogP contribution in [0.4, 0.5) is 0 Å². The molecule has 1 rings (SSSR count). The largest absolute Gasteiger partial charge is 0.478 e. The van der Waals surface area contributed by atoms with Crippen LogP contribution in [-0.2, 0) is 11.2 Å². The lowest BCUT2D eigenvalue weighted by molar-refractivity contribution is -0.122. The minimum Gasteiger partial charge on any atom is -0.478 e. The van der Waals surface area contributed by atoms with E-state index in [0.717, 1.165) is 5.56 Å². The van der Waals surface area contributed by atoms with Gasteiger partial charge in [-0.15, -0.1) is 0 Å². The van der Waals surface area contributed by atoms with Crippen LogP contribution in [0.2, 0.25) is 0 Å². The summed E-state index contributed by atoms with van der Waals surface area (Å²) in [5.74, 6) is -1.17. The van der Waals surface area contributed by atoms with E-state index in [2.05, 4.69) is 5.32 Å². The summed E-state index contributed by atoms with van der Waals surface area (Å²) in [6.07, 6.45) is 0.395. The lowest BCUT2D eigenvalue weighted by Crippen LogP contribution is -2.41. The van der Waals surface area contributed by atoms with Crippen molar-refractivity contribution in [3.8, 4) is 0 Å². The second-order valence-corrected chi connectivity index (χ2v) is 3.71. The number of carboxylic acid groups (broad SMARTS) is 1. The molecule has 17 heavy (non-hydrogen) atoms. The monoisotopic (exact) mass is 236 g/mol.